The first kappa shape index (κ1) is 22.1. The van der Waals surface area contributed by atoms with E-state index in [9.17, 15) is 13.2 Å². The van der Waals surface area contributed by atoms with Gasteiger partial charge in [0, 0.05) is 6.07 Å². The van der Waals surface area contributed by atoms with Crippen LogP contribution in [0.2, 0.25) is 0 Å². The summed E-state index contributed by atoms with van der Waals surface area (Å²) in [5.41, 5.74) is 1.24. The summed E-state index contributed by atoms with van der Waals surface area (Å²) in [6.45, 7) is 1.44. The molecule has 1 aromatic heterocycles. The largest absolute Gasteiger partial charge is 0.497 e. The number of sulfonamides is 1. The van der Waals surface area contributed by atoms with E-state index in [0.717, 1.165) is 9.87 Å². The zero-order chi connectivity index (χ0) is 21.7. The Kier molecular flexibility index (Phi) is 6.95. The number of benzene rings is 2. The molecule has 0 bridgehead atoms. The van der Waals surface area contributed by atoms with Gasteiger partial charge in [-0.25, -0.2) is 8.42 Å². The van der Waals surface area contributed by atoms with Crippen LogP contribution in [-0.4, -0.2) is 44.4 Å². The van der Waals surface area contributed by atoms with E-state index in [0.29, 0.717) is 20.9 Å². The molecule has 1 heterocycles. The van der Waals surface area contributed by atoms with E-state index in [1.165, 1.54) is 42.3 Å². The number of hydrogen-bond acceptors (Lipinski definition) is 8. The normalized spacial score (nSPS) is 11.2. The Morgan fingerprint density at radius 1 is 1.20 bits per heavy atom. The fourth-order valence-corrected chi connectivity index (χ4v) is 5.15. The average Bonchev–Trinajstić information content (AvgIpc) is 3.19. The Balaban J connectivity index is 1.94. The summed E-state index contributed by atoms with van der Waals surface area (Å²) in [5.74, 6) is -0.0527. The van der Waals surface area contributed by atoms with Crippen molar-refractivity contribution >= 4 is 49.8 Å². The van der Waals surface area contributed by atoms with Gasteiger partial charge in [-0.1, -0.05) is 46.9 Å². The number of carbonyl (C=O) groups is 1. The molecule has 1 amide bonds. The lowest BCUT2D eigenvalue weighted by Gasteiger charge is -2.24. The summed E-state index contributed by atoms with van der Waals surface area (Å²) in [5, 5.41) is 10.7. The van der Waals surface area contributed by atoms with Crippen molar-refractivity contribution < 1.29 is 17.9 Å². The van der Waals surface area contributed by atoms with E-state index in [4.69, 9.17) is 4.74 Å². The molecule has 0 spiro atoms. The van der Waals surface area contributed by atoms with Crippen LogP contribution in [0.15, 0.2) is 57.8 Å². The van der Waals surface area contributed by atoms with Crippen molar-refractivity contribution in [2.45, 2.75) is 16.2 Å². The molecule has 30 heavy (non-hydrogen) atoms. The first-order valence-electron chi connectivity index (χ1n) is 8.74. The van der Waals surface area contributed by atoms with Gasteiger partial charge in [0.1, 0.15) is 12.3 Å². The molecule has 158 valence electrons. The van der Waals surface area contributed by atoms with Crippen molar-refractivity contribution in [1.29, 1.82) is 0 Å². The summed E-state index contributed by atoms with van der Waals surface area (Å²) in [4.78, 5) is 12.8. The van der Waals surface area contributed by atoms with Crippen molar-refractivity contribution in [3.05, 3.63) is 54.1 Å². The van der Waals surface area contributed by atoms with Crippen molar-refractivity contribution in [3.8, 4) is 5.75 Å². The minimum absolute atomic E-state index is 0.0873. The van der Waals surface area contributed by atoms with Crippen LogP contribution in [0.3, 0.4) is 0 Å². The minimum Gasteiger partial charge on any atom is -0.497 e. The average molecular weight is 465 g/mol. The lowest BCUT2D eigenvalue weighted by molar-refractivity contribution is -0.114. The molecule has 0 aliphatic carbocycles. The summed E-state index contributed by atoms with van der Waals surface area (Å²) in [7, 11) is -2.51. The van der Waals surface area contributed by atoms with Gasteiger partial charge in [-0.3, -0.25) is 14.4 Å². The van der Waals surface area contributed by atoms with Gasteiger partial charge in [0.25, 0.3) is 10.0 Å². The molecule has 0 fully saturated rings. The van der Waals surface area contributed by atoms with Crippen molar-refractivity contribution in [2.75, 3.05) is 29.5 Å². The number of thioether (sulfide) groups is 1. The number of nitrogens with one attached hydrogen (secondary N) is 1. The number of hydrogen-bond donors (Lipinski definition) is 1. The van der Waals surface area contributed by atoms with Gasteiger partial charge >= 0.3 is 0 Å². The van der Waals surface area contributed by atoms with Crippen LogP contribution in [0.5, 0.6) is 5.75 Å². The van der Waals surface area contributed by atoms with Crippen molar-refractivity contribution in [2.24, 2.45) is 0 Å². The second kappa shape index (κ2) is 9.45. The quantitative estimate of drug-likeness (QED) is 0.403. The Bertz CT molecular complexity index is 1130. The van der Waals surface area contributed by atoms with Gasteiger partial charge in [-0.05, 0) is 37.4 Å². The topological polar surface area (TPSA) is 101 Å². The van der Waals surface area contributed by atoms with E-state index in [-0.39, 0.29) is 4.90 Å². The molecule has 0 aliphatic heterocycles. The van der Waals surface area contributed by atoms with Gasteiger partial charge in [-0.15, -0.1) is 10.2 Å². The molecule has 0 unspecified atom stereocenters. The number of aromatic nitrogens is 2. The highest BCUT2D eigenvalue weighted by molar-refractivity contribution is 8.00. The number of amides is 1. The maximum Gasteiger partial charge on any atom is 0.264 e. The third-order valence-corrected chi connectivity index (χ3v) is 7.67. The van der Waals surface area contributed by atoms with Crippen LogP contribution in [0, 0.1) is 6.92 Å². The Hall–Kier alpha value is -2.63. The van der Waals surface area contributed by atoms with E-state index < -0.39 is 22.5 Å². The molecular weight excluding hydrogens is 444 g/mol. The van der Waals surface area contributed by atoms with Crippen LogP contribution >= 0.6 is 23.1 Å². The monoisotopic (exact) mass is 464 g/mol. The second-order valence-corrected chi connectivity index (χ2v) is 10.0. The molecule has 0 atom stereocenters. The third kappa shape index (κ3) is 5.10. The molecule has 0 saturated heterocycles. The molecule has 0 aliphatic rings. The highest BCUT2D eigenvalue weighted by Gasteiger charge is 2.28. The predicted octanol–water partition coefficient (Wildman–Crippen LogP) is 3.41. The fraction of sp³-hybridized carbons (Fsp3) is 0.211. The maximum atomic E-state index is 13.4. The Labute approximate surface area is 183 Å². The predicted molar refractivity (Wildman–Crippen MR) is 119 cm³/mol. The number of carbonyl (C=O) groups excluding carboxylic acids is 1. The molecule has 0 saturated carbocycles. The number of methoxy groups -OCH3 is 1. The second-order valence-electron chi connectivity index (χ2n) is 6.15. The van der Waals surface area contributed by atoms with Crippen LogP contribution in [0.1, 0.15) is 5.56 Å². The van der Waals surface area contributed by atoms with Crippen LogP contribution in [0.25, 0.3) is 0 Å². The van der Waals surface area contributed by atoms with Crippen molar-refractivity contribution in [1.82, 2.24) is 10.2 Å². The number of rotatable bonds is 8. The summed E-state index contributed by atoms with van der Waals surface area (Å²) >= 11 is 2.62. The fourth-order valence-electron chi connectivity index (χ4n) is 2.55. The number of nitrogens with zero attached hydrogens (tertiary/aromatic N) is 3. The molecule has 0 radical (unpaired) electrons. The van der Waals surface area contributed by atoms with Crippen LogP contribution in [-0.2, 0) is 14.8 Å². The lowest BCUT2D eigenvalue weighted by Crippen LogP contribution is -2.38. The standard InChI is InChI=1S/C19H20N4O4S3/c1-13-7-9-16(10-8-13)30(25,26)23(14-5-4-6-15(11-14)27-2)12-17(24)20-18-21-22-19(28-3)29-18/h4-11H,12H2,1-3H3,(H,20,21,24). The van der Waals surface area contributed by atoms with Gasteiger partial charge in [-0.2, -0.15) is 0 Å². The van der Waals surface area contributed by atoms with Crippen molar-refractivity contribution in [3.63, 3.8) is 0 Å². The van der Waals surface area contributed by atoms with E-state index in [1.54, 1.807) is 36.4 Å². The number of anilines is 2. The summed E-state index contributed by atoms with van der Waals surface area (Å²) in [6, 6.07) is 13.0. The first-order chi connectivity index (χ1) is 14.3. The van der Waals surface area contributed by atoms with Gasteiger partial charge in [0.2, 0.25) is 11.0 Å². The van der Waals surface area contributed by atoms with E-state index >= 15 is 0 Å². The zero-order valence-corrected chi connectivity index (χ0v) is 19.0. The van der Waals surface area contributed by atoms with Crippen LogP contribution < -0.4 is 14.4 Å². The molecule has 3 aromatic rings. The van der Waals surface area contributed by atoms with E-state index in [2.05, 4.69) is 15.5 Å². The van der Waals surface area contributed by atoms with Gasteiger partial charge in [0.15, 0.2) is 4.34 Å². The minimum atomic E-state index is -4.00. The summed E-state index contributed by atoms with van der Waals surface area (Å²) in [6.07, 6.45) is 1.85. The van der Waals surface area contributed by atoms with Gasteiger partial charge < -0.3 is 4.74 Å². The van der Waals surface area contributed by atoms with Gasteiger partial charge in [0.05, 0.1) is 17.7 Å². The molecule has 2 aromatic carbocycles. The molecule has 11 heteroatoms. The van der Waals surface area contributed by atoms with Crippen LogP contribution in [0.4, 0.5) is 10.8 Å². The highest BCUT2D eigenvalue weighted by Crippen LogP contribution is 2.28. The number of aryl methyl sites for hydroxylation is 1. The lowest BCUT2D eigenvalue weighted by atomic mass is 10.2. The highest BCUT2D eigenvalue weighted by atomic mass is 32.2. The third-order valence-electron chi connectivity index (χ3n) is 4.06. The molecule has 1 N–H and O–H groups in total. The number of ether oxygens (including phenoxy) is 1. The Morgan fingerprint density at radius 2 is 1.93 bits per heavy atom. The molecule has 8 nitrogen and oxygen atoms in total. The zero-order valence-electron chi connectivity index (χ0n) is 16.5. The van der Waals surface area contributed by atoms with E-state index in [1.807, 2.05) is 13.2 Å². The SMILES string of the molecule is COc1cccc(N(CC(=O)Nc2nnc(SC)s2)S(=O)(=O)c2ccc(C)cc2)c1. The maximum absolute atomic E-state index is 13.4. The first-order valence-corrected chi connectivity index (χ1v) is 12.2. The molecular formula is C19H20N4O4S3. The molecule has 3 rings (SSSR count). The Morgan fingerprint density at radius 3 is 2.57 bits per heavy atom. The smallest absolute Gasteiger partial charge is 0.264 e. The summed E-state index contributed by atoms with van der Waals surface area (Å²) < 4.78 is 33.7.